The van der Waals surface area contributed by atoms with Gasteiger partial charge < -0.3 is 0 Å². The fourth-order valence-corrected chi connectivity index (χ4v) is 4.94. The first-order chi connectivity index (χ1) is 14.1. The highest BCUT2D eigenvalue weighted by atomic mass is 32.2. The van der Waals surface area contributed by atoms with Crippen LogP contribution in [0.3, 0.4) is 0 Å². The van der Waals surface area contributed by atoms with Gasteiger partial charge in [-0.15, -0.1) is 0 Å². The average Bonchev–Trinajstić information content (AvgIpc) is 3.07. The average molecular weight is 407 g/mol. The van der Waals surface area contributed by atoms with Crippen LogP contribution < -0.4 is 5.43 Å². The first-order valence-corrected chi connectivity index (χ1v) is 11.0. The molecule has 2 aromatic carbocycles. The summed E-state index contributed by atoms with van der Waals surface area (Å²) < 4.78 is 26.6. The zero-order valence-corrected chi connectivity index (χ0v) is 17.1. The second kappa shape index (κ2) is 7.77. The number of benzene rings is 2. The van der Waals surface area contributed by atoms with E-state index in [9.17, 15) is 8.42 Å². The van der Waals surface area contributed by atoms with E-state index >= 15 is 0 Å². The molecule has 1 aliphatic carbocycles. The number of sulfonamides is 1. The zero-order chi connectivity index (χ0) is 20.4. The molecule has 0 saturated carbocycles. The minimum Gasteiger partial charge on any atom is -0.261 e. The van der Waals surface area contributed by atoms with Crippen LogP contribution >= 0.6 is 0 Å². The maximum absolute atomic E-state index is 12.6. The molecule has 0 aliphatic heterocycles. The van der Waals surface area contributed by atoms with E-state index in [1.54, 1.807) is 12.1 Å². The van der Waals surface area contributed by atoms with E-state index in [1.165, 1.54) is 10.5 Å². The van der Waals surface area contributed by atoms with Gasteiger partial charge in [-0.2, -0.15) is 9.41 Å². The number of hydrazone groups is 1. The Balaban J connectivity index is 1.62. The van der Waals surface area contributed by atoms with Gasteiger partial charge in [0.1, 0.15) is 10.7 Å². The largest absolute Gasteiger partial charge is 0.261 e. The number of nitrogens with zero attached hydrogens (tertiary/aromatic N) is 3. The summed E-state index contributed by atoms with van der Waals surface area (Å²) in [6.45, 7) is 4.48. The monoisotopic (exact) mass is 406 g/mol. The first kappa shape index (κ1) is 19.3. The van der Waals surface area contributed by atoms with E-state index in [0.29, 0.717) is 18.9 Å². The molecule has 148 valence electrons. The third kappa shape index (κ3) is 3.43. The quantitative estimate of drug-likeness (QED) is 0.492. The van der Waals surface area contributed by atoms with Crippen molar-refractivity contribution in [3.8, 4) is 11.1 Å². The smallest absolute Gasteiger partial charge is 0.244 e. The molecule has 0 radical (unpaired) electrons. The summed E-state index contributed by atoms with van der Waals surface area (Å²) in [6.07, 6.45) is 1.37. The van der Waals surface area contributed by atoms with E-state index in [-0.39, 0.29) is 4.90 Å². The van der Waals surface area contributed by atoms with Gasteiger partial charge in [0.25, 0.3) is 0 Å². The lowest BCUT2D eigenvalue weighted by molar-refractivity contribution is 0.445. The Bertz CT molecular complexity index is 1120. The number of pyridine rings is 1. The number of hydrogen-bond acceptors (Lipinski definition) is 5. The van der Waals surface area contributed by atoms with E-state index in [0.717, 1.165) is 28.0 Å². The normalized spacial score (nSPS) is 12.6. The number of fused-ring (bicyclic) bond motifs is 3. The molecular formula is C22H22N4O2S. The van der Waals surface area contributed by atoms with Crippen molar-refractivity contribution >= 4 is 21.6 Å². The van der Waals surface area contributed by atoms with Crippen LogP contribution in [0.15, 0.2) is 76.9 Å². The lowest BCUT2D eigenvalue weighted by Gasteiger charge is -2.18. The Morgan fingerprint density at radius 1 is 0.862 bits per heavy atom. The molecule has 0 amide bonds. The van der Waals surface area contributed by atoms with Gasteiger partial charge in [0.2, 0.25) is 10.0 Å². The van der Waals surface area contributed by atoms with Crippen molar-refractivity contribution in [1.29, 1.82) is 0 Å². The molecule has 0 saturated heterocycles. The maximum atomic E-state index is 12.6. The van der Waals surface area contributed by atoms with Crippen LogP contribution in [0.5, 0.6) is 0 Å². The first-order valence-electron chi connectivity index (χ1n) is 9.55. The summed E-state index contributed by atoms with van der Waals surface area (Å²) in [5.41, 5.74) is 8.23. The van der Waals surface area contributed by atoms with Crippen molar-refractivity contribution in [3.63, 3.8) is 0 Å². The second-order valence-electron chi connectivity index (χ2n) is 6.63. The fourth-order valence-electron chi connectivity index (χ4n) is 3.54. The van der Waals surface area contributed by atoms with Gasteiger partial charge >= 0.3 is 0 Å². The SMILES string of the molecule is CCN(CC)S(=O)(=O)c1ccc(NN=C2c3ccccc3-c3ccccc32)nc1. The molecule has 0 atom stereocenters. The summed E-state index contributed by atoms with van der Waals surface area (Å²) in [6, 6.07) is 19.5. The molecule has 3 aromatic rings. The summed E-state index contributed by atoms with van der Waals surface area (Å²) in [7, 11) is -3.52. The Morgan fingerprint density at radius 2 is 1.41 bits per heavy atom. The van der Waals surface area contributed by atoms with Crippen LogP contribution in [-0.4, -0.2) is 36.5 Å². The standard InChI is InChI=1S/C22H22N4O2S/c1-3-26(4-2)29(27,28)16-13-14-21(23-15-16)24-25-22-19-11-7-5-9-17(19)18-10-6-8-12-20(18)22/h5-15H,3-4H2,1-2H3,(H,23,24). The van der Waals surface area contributed by atoms with Crippen LogP contribution in [0.4, 0.5) is 5.82 Å². The van der Waals surface area contributed by atoms with Crippen molar-refractivity contribution in [2.45, 2.75) is 18.7 Å². The molecule has 6 nitrogen and oxygen atoms in total. The highest BCUT2D eigenvalue weighted by Crippen LogP contribution is 2.36. The van der Waals surface area contributed by atoms with E-state index in [4.69, 9.17) is 0 Å². The van der Waals surface area contributed by atoms with Gasteiger partial charge in [0, 0.05) is 30.4 Å². The summed E-state index contributed by atoms with van der Waals surface area (Å²) in [4.78, 5) is 4.42. The van der Waals surface area contributed by atoms with Gasteiger partial charge in [-0.25, -0.2) is 13.4 Å². The van der Waals surface area contributed by atoms with Gasteiger partial charge in [0.05, 0.1) is 5.71 Å². The van der Waals surface area contributed by atoms with Crippen molar-refractivity contribution in [3.05, 3.63) is 78.0 Å². The van der Waals surface area contributed by atoms with Crippen molar-refractivity contribution < 1.29 is 8.42 Å². The summed E-state index contributed by atoms with van der Waals surface area (Å²) in [5.74, 6) is 0.484. The van der Waals surface area contributed by atoms with Crippen molar-refractivity contribution in [2.75, 3.05) is 18.5 Å². The minimum atomic E-state index is -3.52. The molecule has 1 heterocycles. The molecule has 29 heavy (non-hydrogen) atoms. The summed E-state index contributed by atoms with van der Waals surface area (Å²) in [5, 5.41) is 4.58. The Labute approximate surface area is 171 Å². The predicted octanol–water partition coefficient (Wildman–Crippen LogP) is 3.96. The van der Waals surface area contributed by atoms with E-state index < -0.39 is 10.0 Å². The van der Waals surface area contributed by atoms with Crippen LogP contribution in [0, 0.1) is 0 Å². The molecular weight excluding hydrogens is 384 g/mol. The molecule has 1 aliphatic rings. The third-order valence-electron chi connectivity index (χ3n) is 5.02. The van der Waals surface area contributed by atoms with Gasteiger partial charge in [-0.3, -0.25) is 5.43 Å². The van der Waals surface area contributed by atoms with Crippen LogP contribution in [0.1, 0.15) is 25.0 Å². The van der Waals surface area contributed by atoms with Gasteiger partial charge in [-0.05, 0) is 23.3 Å². The fraction of sp³-hybridized carbons (Fsp3) is 0.182. The number of nitrogens with one attached hydrogen (secondary N) is 1. The molecule has 0 bridgehead atoms. The molecule has 7 heteroatoms. The second-order valence-corrected chi connectivity index (χ2v) is 8.57. The topological polar surface area (TPSA) is 74.7 Å². The van der Waals surface area contributed by atoms with Gasteiger partial charge in [-0.1, -0.05) is 62.4 Å². The van der Waals surface area contributed by atoms with E-state index in [1.807, 2.05) is 50.2 Å². The lowest BCUT2D eigenvalue weighted by atomic mass is 10.1. The number of hydrogen-bond donors (Lipinski definition) is 1. The molecule has 0 fully saturated rings. The van der Waals surface area contributed by atoms with Crippen molar-refractivity contribution in [2.24, 2.45) is 5.10 Å². The Hall–Kier alpha value is -3.03. The van der Waals surface area contributed by atoms with Crippen LogP contribution in [0.2, 0.25) is 0 Å². The van der Waals surface area contributed by atoms with E-state index in [2.05, 4.69) is 27.6 Å². The maximum Gasteiger partial charge on any atom is 0.244 e. The summed E-state index contributed by atoms with van der Waals surface area (Å²) >= 11 is 0. The van der Waals surface area contributed by atoms with Crippen LogP contribution in [-0.2, 0) is 10.0 Å². The molecule has 4 rings (SSSR count). The third-order valence-corrected chi connectivity index (χ3v) is 7.05. The number of anilines is 1. The number of rotatable bonds is 6. The minimum absolute atomic E-state index is 0.177. The molecule has 0 spiro atoms. The van der Waals surface area contributed by atoms with Crippen LogP contribution in [0.25, 0.3) is 11.1 Å². The highest BCUT2D eigenvalue weighted by molar-refractivity contribution is 7.89. The molecule has 0 unspecified atom stereocenters. The van der Waals surface area contributed by atoms with Crippen molar-refractivity contribution in [1.82, 2.24) is 9.29 Å². The zero-order valence-electron chi connectivity index (χ0n) is 16.3. The highest BCUT2D eigenvalue weighted by Gasteiger charge is 2.24. The molecule has 1 N–H and O–H groups in total. The predicted molar refractivity (Wildman–Crippen MR) is 115 cm³/mol. The Kier molecular flexibility index (Phi) is 5.17. The Morgan fingerprint density at radius 3 is 1.90 bits per heavy atom. The van der Waals surface area contributed by atoms with Gasteiger partial charge in [0.15, 0.2) is 0 Å². The lowest BCUT2D eigenvalue weighted by Crippen LogP contribution is -2.30. The molecule has 1 aromatic heterocycles. The number of aromatic nitrogens is 1.